The van der Waals surface area contributed by atoms with Crippen molar-refractivity contribution in [1.29, 1.82) is 0 Å². The van der Waals surface area contributed by atoms with E-state index in [0.29, 0.717) is 26.1 Å². The highest BCUT2D eigenvalue weighted by atomic mass is 28.4. The fraction of sp³-hybridized carbons (Fsp3) is 0.885. The Morgan fingerprint density at radius 3 is 1.35 bits per heavy atom. The van der Waals surface area contributed by atoms with Crippen LogP contribution < -0.4 is 0 Å². The van der Waals surface area contributed by atoms with E-state index in [1.165, 1.54) is 0 Å². The van der Waals surface area contributed by atoms with Crippen LogP contribution in [-0.2, 0) is 23.5 Å². The average Bonchev–Trinajstić information content (AvgIpc) is 3.21. The van der Waals surface area contributed by atoms with Gasteiger partial charge in [-0.25, -0.2) is 0 Å². The Morgan fingerprint density at radius 1 is 0.619 bits per heavy atom. The van der Waals surface area contributed by atoms with E-state index in [1.807, 2.05) is 55.4 Å². The first kappa shape index (κ1) is 49.6. The highest BCUT2D eigenvalue weighted by Gasteiger charge is 2.74. The quantitative estimate of drug-likeness (QED) is 0.135. The van der Waals surface area contributed by atoms with Crippen LogP contribution in [0.5, 0.6) is 0 Å². The summed E-state index contributed by atoms with van der Waals surface area (Å²) < 4.78 is 19.2. The van der Waals surface area contributed by atoms with Gasteiger partial charge in [0, 0.05) is 59.2 Å². The maximum absolute atomic E-state index is 14.8. The summed E-state index contributed by atoms with van der Waals surface area (Å²) in [5.74, 6) is -1.43. The number of rotatable bonds is 5. The fourth-order valence-corrected chi connectivity index (χ4v) is 20.3. The summed E-state index contributed by atoms with van der Waals surface area (Å²) in [5.41, 5.74) is -2.32. The van der Waals surface area contributed by atoms with Crippen LogP contribution in [-0.4, -0.2) is 106 Å². The van der Waals surface area contributed by atoms with Gasteiger partial charge in [-0.1, -0.05) is 90.0 Å². The lowest BCUT2D eigenvalue weighted by molar-refractivity contribution is -0.301. The highest BCUT2D eigenvalue weighted by Crippen LogP contribution is 2.70. The Morgan fingerprint density at radius 2 is 0.984 bits per heavy atom. The minimum atomic E-state index is -2.00. The lowest BCUT2D eigenvalue weighted by Gasteiger charge is -2.69. The second-order valence-electron chi connectivity index (χ2n) is 24.4. The van der Waals surface area contributed by atoms with Crippen molar-refractivity contribution in [2.75, 3.05) is 13.2 Å². The first-order chi connectivity index (χ1) is 28.8. The molecule has 4 bridgehead atoms. The van der Waals surface area contributed by atoms with E-state index in [1.54, 1.807) is 0 Å². The predicted octanol–water partition coefficient (Wildman–Crippen LogP) is 7.97. The van der Waals surface area contributed by atoms with E-state index in [4.69, 9.17) is 13.9 Å². The fourth-order valence-electron chi connectivity index (χ4n) is 17.4. The first-order valence-corrected chi connectivity index (χ1v) is 27.3. The molecule has 2 aliphatic heterocycles. The third-order valence-corrected chi connectivity index (χ3v) is 26.2. The molecule has 0 radical (unpaired) electrons. The molecule has 10 nitrogen and oxygen atoms in total. The van der Waals surface area contributed by atoms with Crippen molar-refractivity contribution >= 4 is 19.9 Å². The standard InChI is InChI=1S/C29H50O5Si.C23H36O5/c1-11-35(12-2,13-3)34-22-14-21-27(9,16-33-21)24-19(6)29(32)15-20(30)17(4)23(26(29,7)8)18(5)25(31)28(22,24)10;1-11-14(24)9-23(27)13(3)18-21(6)10-28-16(21)8-15(25)22(18,7)19(26)12(2)17(11)20(23,4)5/h18-22,24,30,32H,11-16H2,1-10H3;12-16,18,24-25,27H,8-10H2,1-7H3/t18-,19+,20+,21-,22+,24?,27-,28-,29-;12-,13+,14+,15+,16-,18?,21-,22-,23-/m11/s1. The SMILES string of the molecule is CC1=C2[C@@H](C)C(=O)[C@@]3(C)C([C@H](C)[C@](O)(C[C@@H]1O)C2(C)C)[C@]1(C)CO[C@@H]1C[C@@H]3O.CC[Si](CC)(CC)O[C@H]1C[C@H]2OC[C@@]2(C)C2[C@H](C)[C@]3(O)C[C@H](O)C(C)=C([C@@H](C)C(=O)[C@@]21C)C3(C)C. The van der Waals surface area contributed by atoms with E-state index in [2.05, 4.69) is 62.3 Å². The summed E-state index contributed by atoms with van der Waals surface area (Å²) in [5, 5.41) is 57.8. The van der Waals surface area contributed by atoms with Gasteiger partial charge in [0.1, 0.15) is 11.6 Å². The summed E-state index contributed by atoms with van der Waals surface area (Å²) in [7, 11) is -2.00. The lowest BCUT2D eigenvalue weighted by atomic mass is 9.40. The molecule has 5 N–H and O–H groups in total. The Labute approximate surface area is 380 Å². The van der Waals surface area contributed by atoms with Crippen LogP contribution in [0.15, 0.2) is 22.3 Å². The molecule has 18 atom stereocenters. The van der Waals surface area contributed by atoms with Gasteiger partial charge in [0.05, 0.1) is 71.9 Å². The molecule has 2 unspecified atom stereocenters. The van der Waals surface area contributed by atoms with Gasteiger partial charge in [-0.05, 0) is 91.8 Å². The second-order valence-corrected chi connectivity index (χ2v) is 29.2. The van der Waals surface area contributed by atoms with E-state index >= 15 is 0 Å². The van der Waals surface area contributed by atoms with Crippen LogP contribution in [0.3, 0.4) is 0 Å². The number of hydrogen-bond donors (Lipinski definition) is 5. The molecular weight excluding hydrogens is 813 g/mol. The van der Waals surface area contributed by atoms with Gasteiger partial charge in [0.25, 0.3) is 0 Å². The average molecular weight is 899 g/mol. The number of fused-ring (bicyclic) bond motifs is 10. The zero-order valence-corrected chi connectivity index (χ0v) is 43.1. The van der Waals surface area contributed by atoms with E-state index < -0.39 is 65.4 Å². The molecular formula is C52H86O10Si. The zero-order chi connectivity index (χ0) is 47.4. The number of Topliss-reactive ketones (excluding diaryl/α,β-unsaturated/α-hetero) is 2. The Kier molecular flexibility index (Phi) is 12.1. The molecule has 2 heterocycles. The van der Waals surface area contributed by atoms with Gasteiger partial charge in [0.2, 0.25) is 0 Å². The lowest BCUT2D eigenvalue weighted by Crippen LogP contribution is -2.75. The van der Waals surface area contributed by atoms with Gasteiger partial charge in [-0.15, -0.1) is 0 Å². The van der Waals surface area contributed by atoms with Crippen molar-refractivity contribution in [2.24, 2.45) is 68.0 Å². The first-order valence-electron chi connectivity index (χ1n) is 24.8. The van der Waals surface area contributed by atoms with Crippen LogP contribution in [0.1, 0.15) is 143 Å². The van der Waals surface area contributed by atoms with Crippen LogP contribution in [0, 0.1) is 68.0 Å². The monoisotopic (exact) mass is 899 g/mol. The number of ether oxygens (including phenoxy) is 2. The summed E-state index contributed by atoms with van der Waals surface area (Å²) >= 11 is 0. The molecule has 8 rings (SSSR count). The molecule has 0 amide bonds. The van der Waals surface area contributed by atoms with Crippen LogP contribution in [0.2, 0.25) is 18.1 Å². The third-order valence-electron chi connectivity index (χ3n) is 21.5. The number of hydrogen-bond acceptors (Lipinski definition) is 10. The number of carbonyl (C=O) groups excluding carboxylic acids is 2. The van der Waals surface area contributed by atoms with Crippen LogP contribution >= 0.6 is 0 Å². The molecule has 6 aliphatic carbocycles. The van der Waals surface area contributed by atoms with Gasteiger partial charge in [-0.2, -0.15) is 0 Å². The van der Waals surface area contributed by atoms with E-state index in [0.717, 1.165) is 46.8 Å². The minimum Gasteiger partial charge on any atom is -0.413 e. The molecule has 63 heavy (non-hydrogen) atoms. The van der Waals surface area contributed by atoms with Gasteiger partial charge >= 0.3 is 0 Å². The van der Waals surface area contributed by atoms with Crippen molar-refractivity contribution in [3.63, 3.8) is 0 Å². The molecule has 6 fully saturated rings. The summed E-state index contributed by atoms with van der Waals surface area (Å²) in [4.78, 5) is 28.8. The molecule has 358 valence electrons. The molecule has 8 aliphatic rings. The van der Waals surface area contributed by atoms with Gasteiger partial charge in [-0.3, -0.25) is 9.59 Å². The number of ketones is 2. The van der Waals surface area contributed by atoms with Crippen molar-refractivity contribution in [2.45, 2.75) is 209 Å². The topological polar surface area (TPSA) is 163 Å². The summed E-state index contributed by atoms with van der Waals surface area (Å²) in [6.45, 7) is 36.4. The maximum Gasteiger partial charge on any atom is 0.192 e. The number of aliphatic hydroxyl groups excluding tert-OH is 3. The molecule has 0 aromatic heterocycles. The number of carbonyl (C=O) groups is 2. The highest BCUT2D eigenvalue weighted by molar-refractivity contribution is 6.73. The van der Waals surface area contributed by atoms with Gasteiger partial charge < -0.3 is 39.4 Å². The molecule has 0 aromatic carbocycles. The summed E-state index contributed by atoms with van der Waals surface area (Å²) in [6.07, 6.45) is -0.824. The second kappa shape index (κ2) is 15.4. The maximum atomic E-state index is 14.8. The molecule has 0 spiro atoms. The minimum absolute atomic E-state index is 0.0296. The van der Waals surface area contributed by atoms with Gasteiger partial charge in [0.15, 0.2) is 8.32 Å². The molecule has 2 saturated heterocycles. The van der Waals surface area contributed by atoms with Crippen molar-refractivity contribution in [3.05, 3.63) is 22.3 Å². The zero-order valence-electron chi connectivity index (χ0n) is 42.1. The van der Waals surface area contributed by atoms with Crippen molar-refractivity contribution < 1.29 is 49.0 Å². The van der Waals surface area contributed by atoms with Crippen molar-refractivity contribution in [1.82, 2.24) is 0 Å². The normalized spacial score (nSPS) is 51.0. The Balaban J connectivity index is 0.000000193. The number of aliphatic hydroxyl groups is 5. The van der Waals surface area contributed by atoms with Crippen LogP contribution in [0.4, 0.5) is 0 Å². The Bertz CT molecular complexity index is 1930. The van der Waals surface area contributed by atoms with Crippen molar-refractivity contribution in [3.8, 4) is 0 Å². The Hall–Kier alpha value is -1.28. The summed E-state index contributed by atoms with van der Waals surface area (Å²) in [6, 6.07) is 3.10. The predicted molar refractivity (Wildman–Crippen MR) is 247 cm³/mol. The molecule has 11 heteroatoms. The smallest absolute Gasteiger partial charge is 0.192 e. The molecule has 4 saturated carbocycles. The largest absolute Gasteiger partial charge is 0.413 e. The van der Waals surface area contributed by atoms with E-state index in [-0.39, 0.29) is 76.7 Å². The molecule has 0 aromatic rings. The van der Waals surface area contributed by atoms with Crippen LogP contribution in [0.25, 0.3) is 0 Å². The third kappa shape index (κ3) is 6.14. The van der Waals surface area contributed by atoms with E-state index in [9.17, 15) is 35.1 Å².